The highest BCUT2D eigenvalue weighted by Gasteiger charge is 2.17. The molecule has 4 nitrogen and oxygen atoms in total. The topological polar surface area (TPSA) is 55.4 Å². The van der Waals surface area contributed by atoms with Crippen LogP contribution in [0.15, 0.2) is 29.2 Å². The summed E-state index contributed by atoms with van der Waals surface area (Å²) in [5.41, 5.74) is 0.658. The van der Waals surface area contributed by atoms with Crippen LogP contribution in [0.3, 0.4) is 0 Å². The van der Waals surface area contributed by atoms with Gasteiger partial charge < -0.3 is 10.1 Å². The van der Waals surface area contributed by atoms with Crippen molar-refractivity contribution < 1.29 is 13.2 Å². The van der Waals surface area contributed by atoms with Crippen molar-refractivity contribution >= 4 is 15.5 Å². The number of rotatable bonds is 4. The van der Waals surface area contributed by atoms with Crippen LogP contribution in [0, 0.1) is 0 Å². The Labute approximate surface area is 102 Å². The summed E-state index contributed by atoms with van der Waals surface area (Å²) < 4.78 is 28.6. The molecule has 0 spiro atoms. The normalized spacial score (nSPS) is 20.4. The second-order valence-corrected chi connectivity index (χ2v) is 6.27. The first-order valence-electron chi connectivity index (χ1n) is 5.72. The van der Waals surface area contributed by atoms with Gasteiger partial charge >= 0.3 is 0 Å². The van der Waals surface area contributed by atoms with Crippen LogP contribution in [-0.2, 0) is 14.6 Å². The quantitative estimate of drug-likeness (QED) is 0.889. The first-order chi connectivity index (χ1) is 8.07. The summed E-state index contributed by atoms with van der Waals surface area (Å²) in [6.07, 6.45) is 3.54. The maximum Gasteiger partial charge on any atom is 0.177 e. The molecule has 1 saturated heterocycles. The van der Waals surface area contributed by atoms with Gasteiger partial charge in [-0.1, -0.05) is 12.1 Å². The molecule has 0 amide bonds. The third kappa shape index (κ3) is 3.20. The van der Waals surface area contributed by atoms with Gasteiger partial charge in [-0.15, -0.1) is 0 Å². The summed E-state index contributed by atoms with van der Waals surface area (Å²) in [6.45, 7) is 1.46. The molecule has 1 atom stereocenters. The lowest BCUT2D eigenvalue weighted by Crippen LogP contribution is -2.19. The van der Waals surface area contributed by atoms with Gasteiger partial charge in [0.1, 0.15) is 0 Å². The number of sulfone groups is 1. The fraction of sp³-hybridized carbons (Fsp3) is 0.500. The van der Waals surface area contributed by atoms with Gasteiger partial charge in [0.15, 0.2) is 9.84 Å². The van der Waals surface area contributed by atoms with Crippen LogP contribution >= 0.6 is 0 Å². The molecular weight excluding hydrogens is 238 g/mol. The first-order valence-corrected chi connectivity index (χ1v) is 7.61. The van der Waals surface area contributed by atoms with Crippen LogP contribution in [-0.4, -0.2) is 33.9 Å². The molecule has 5 heteroatoms. The van der Waals surface area contributed by atoms with Crippen LogP contribution in [0.2, 0.25) is 0 Å². The molecule has 1 aliphatic rings. The van der Waals surface area contributed by atoms with E-state index in [2.05, 4.69) is 5.32 Å². The molecule has 1 N–H and O–H groups in total. The average Bonchev–Trinajstić information content (AvgIpc) is 2.78. The van der Waals surface area contributed by atoms with Crippen LogP contribution in [0.4, 0.5) is 5.69 Å². The second-order valence-electron chi connectivity index (χ2n) is 4.28. The molecule has 17 heavy (non-hydrogen) atoms. The minimum absolute atomic E-state index is 0.197. The molecule has 2 rings (SSSR count). The van der Waals surface area contributed by atoms with Crippen molar-refractivity contribution in [3.63, 3.8) is 0 Å². The maximum atomic E-state index is 11.6. The van der Waals surface area contributed by atoms with Crippen molar-refractivity contribution in [1.29, 1.82) is 0 Å². The minimum Gasteiger partial charge on any atom is -0.381 e. The monoisotopic (exact) mass is 255 g/mol. The fourth-order valence-electron chi connectivity index (χ4n) is 1.97. The van der Waals surface area contributed by atoms with E-state index in [4.69, 9.17) is 4.74 Å². The number of ether oxygens (including phenoxy) is 1. The molecule has 94 valence electrons. The number of anilines is 1. The van der Waals surface area contributed by atoms with Gasteiger partial charge in [0.05, 0.1) is 16.7 Å². The van der Waals surface area contributed by atoms with Gasteiger partial charge in [-0.25, -0.2) is 8.42 Å². The smallest absolute Gasteiger partial charge is 0.177 e. The molecule has 1 aliphatic heterocycles. The minimum atomic E-state index is -3.18. The number of para-hydroxylation sites is 1. The van der Waals surface area contributed by atoms with E-state index in [9.17, 15) is 8.42 Å². The van der Waals surface area contributed by atoms with E-state index in [1.54, 1.807) is 18.2 Å². The zero-order valence-electron chi connectivity index (χ0n) is 9.85. The first kappa shape index (κ1) is 12.4. The number of hydrogen-bond donors (Lipinski definition) is 1. The van der Waals surface area contributed by atoms with Crippen LogP contribution in [0.1, 0.15) is 12.8 Å². The molecule has 1 fully saturated rings. The Hall–Kier alpha value is -1.07. The zero-order chi connectivity index (χ0) is 12.3. The van der Waals surface area contributed by atoms with E-state index in [1.807, 2.05) is 6.07 Å². The molecule has 1 unspecified atom stereocenters. The number of benzene rings is 1. The van der Waals surface area contributed by atoms with Crippen LogP contribution in [0.25, 0.3) is 0 Å². The summed E-state index contributed by atoms with van der Waals surface area (Å²) in [6, 6.07) is 6.96. The van der Waals surface area contributed by atoms with Crippen molar-refractivity contribution in [3.8, 4) is 0 Å². The summed E-state index contributed by atoms with van der Waals surface area (Å²) >= 11 is 0. The predicted molar refractivity (Wildman–Crippen MR) is 67.0 cm³/mol. The Morgan fingerprint density at radius 3 is 2.82 bits per heavy atom. The van der Waals surface area contributed by atoms with Crippen molar-refractivity contribution in [2.45, 2.75) is 23.8 Å². The van der Waals surface area contributed by atoms with Gasteiger partial charge in [0, 0.05) is 19.4 Å². The van der Waals surface area contributed by atoms with E-state index in [-0.39, 0.29) is 6.10 Å². The Balaban J connectivity index is 2.09. The molecule has 0 aromatic heterocycles. The van der Waals surface area contributed by atoms with E-state index in [0.29, 0.717) is 17.1 Å². The third-order valence-corrected chi connectivity index (χ3v) is 3.99. The lowest BCUT2D eigenvalue weighted by Gasteiger charge is -2.14. The maximum absolute atomic E-state index is 11.6. The largest absolute Gasteiger partial charge is 0.381 e. The van der Waals surface area contributed by atoms with Gasteiger partial charge in [0.2, 0.25) is 0 Å². The Bertz CT molecular complexity index is 478. The Morgan fingerprint density at radius 2 is 2.18 bits per heavy atom. The number of nitrogens with one attached hydrogen (secondary N) is 1. The molecule has 0 saturated carbocycles. The van der Waals surface area contributed by atoms with Gasteiger partial charge in [-0.05, 0) is 25.0 Å². The lowest BCUT2D eigenvalue weighted by atomic mass is 10.2. The fourth-order valence-corrected chi connectivity index (χ4v) is 2.83. The Morgan fingerprint density at radius 1 is 1.41 bits per heavy atom. The summed E-state index contributed by atoms with van der Waals surface area (Å²) in [5, 5.41) is 3.16. The standard InChI is InChI=1S/C12H17NO3S/c1-17(14,15)12-7-3-2-6-11(12)13-9-10-5-4-8-16-10/h2-3,6-7,10,13H,4-5,8-9H2,1H3. The van der Waals surface area contributed by atoms with E-state index in [0.717, 1.165) is 19.4 Å². The molecule has 0 radical (unpaired) electrons. The van der Waals surface area contributed by atoms with Gasteiger partial charge in [0.25, 0.3) is 0 Å². The molecule has 1 heterocycles. The zero-order valence-corrected chi connectivity index (χ0v) is 10.7. The van der Waals surface area contributed by atoms with Crippen molar-refractivity contribution in [2.24, 2.45) is 0 Å². The van der Waals surface area contributed by atoms with Crippen LogP contribution < -0.4 is 5.32 Å². The second kappa shape index (κ2) is 5.06. The SMILES string of the molecule is CS(=O)(=O)c1ccccc1NCC1CCCO1. The lowest BCUT2D eigenvalue weighted by molar-refractivity contribution is 0.120. The van der Waals surface area contributed by atoms with Gasteiger partial charge in [-0.3, -0.25) is 0 Å². The molecule has 0 bridgehead atoms. The molecule has 1 aromatic carbocycles. The summed E-state index contributed by atoms with van der Waals surface area (Å²) in [4.78, 5) is 0.345. The predicted octanol–water partition coefficient (Wildman–Crippen LogP) is 1.68. The van der Waals surface area contributed by atoms with Crippen molar-refractivity contribution in [1.82, 2.24) is 0 Å². The van der Waals surface area contributed by atoms with Gasteiger partial charge in [-0.2, -0.15) is 0 Å². The van der Waals surface area contributed by atoms with E-state index >= 15 is 0 Å². The average molecular weight is 255 g/mol. The van der Waals surface area contributed by atoms with E-state index < -0.39 is 9.84 Å². The van der Waals surface area contributed by atoms with E-state index in [1.165, 1.54) is 6.26 Å². The molecule has 0 aliphatic carbocycles. The Kier molecular flexibility index (Phi) is 3.69. The van der Waals surface area contributed by atoms with Crippen LogP contribution in [0.5, 0.6) is 0 Å². The number of hydrogen-bond acceptors (Lipinski definition) is 4. The summed E-state index contributed by atoms with van der Waals surface area (Å²) in [5.74, 6) is 0. The highest BCUT2D eigenvalue weighted by atomic mass is 32.2. The molecule has 1 aromatic rings. The molecular formula is C12H17NO3S. The van der Waals surface area contributed by atoms with Crippen molar-refractivity contribution in [3.05, 3.63) is 24.3 Å². The third-order valence-electron chi connectivity index (χ3n) is 2.83. The summed E-state index contributed by atoms with van der Waals surface area (Å²) in [7, 11) is -3.18. The highest BCUT2D eigenvalue weighted by Crippen LogP contribution is 2.21. The highest BCUT2D eigenvalue weighted by molar-refractivity contribution is 7.90. The van der Waals surface area contributed by atoms with Crippen molar-refractivity contribution in [2.75, 3.05) is 24.7 Å².